The monoisotopic (exact) mass is 369 g/mol. The topological polar surface area (TPSA) is 133 Å². The Bertz CT molecular complexity index is 497. The number of likely N-dealkylation sites (tertiary alicyclic amines) is 1. The summed E-state index contributed by atoms with van der Waals surface area (Å²) in [5.41, 5.74) is 5.85. The molecule has 2 fully saturated rings. The van der Waals surface area contributed by atoms with Gasteiger partial charge in [-0.25, -0.2) is 4.79 Å². The molecule has 0 saturated carbocycles. The molecule has 3 atom stereocenters. The summed E-state index contributed by atoms with van der Waals surface area (Å²) in [5.74, 6) is -3.25. The van der Waals surface area contributed by atoms with E-state index in [1.165, 1.54) is 0 Å². The number of aliphatic hydroxyl groups is 1. The predicted octanol–water partition coefficient (Wildman–Crippen LogP) is -0.543. The Morgan fingerprint density at radius 2 is 1.88 bits per heavy atom. The van der Waals surface area contributed by atoms with Crippen LogP contribution in [0, 0.1) is 5.92 Å². The smallest absolute Gasteiger partial charge is 0.475 e. The van der Waals surface area contributed by atoms with Crippen molar-refractivity contribution in [3.8, 4) is 0 Å². The number of carbonyl (C=O) groups is 3. The molecule has 144 valence electrons. The number of hydrogen-bond acceptors (Lipinski definition) is 5. The molecule has 8 nitrogen and oxygen atoms in total. The minimum atomic E-state index is -5.08. The maximum absolute atomic E-state index is 11.8. The van der Waals surface area contributed by atoms with Crippen molar-refractivity contribution in [3.05, 3.63) is 0 Å². The van der Waals surface area contributed by atoms with Crippen LogP contribution in [0.2, 0.25) is 0 Å². The van der Waals surface area contributed by atoms with Crippen molar-refractivity contribution in [1.29, 1.82) is 0 Å². The van der Waals surface area contributed by atoms with E-state index in [2.05, 4.69) is 5.32 Å². The number of rotatable bonds is 4. The average Bonchev–Trinajstić information content (AvgIpc) is 2.46. The van der Waals surface area contributed by atoms with Gasteiger partial charge in [-0.05, 0) is 25.7 Å². The van der Waals surface area contributed by atoms with E-state index in [1.807, 2.05) is 0 Å². The molecule has 2 aliphatic rings. The van der Waals surface area contributed by atoms with Crippen molar-refractivity contribution >= 4 is 17.8 Å². The standard InChI is InChI=1S/C12H21N3O3.C2HF3O2/c13-9(7-8-3-1-4-14-11(8)17)10(16)12(18)15-5-2-6-15;3-2(4,5)1(6)7/h8-10,16H,1-7,13H2,(H,14,17);(H,6,7)/t8-,9-,10?;/m0./s1. The number of hydrogen-bond donors (Lipinski definition) is 4. The van der Waals surface area contributed by atoms with Gasteiger partial charge in [0.25, 0.3) is 5.91 Å². The summed E-state index contributed by atoms with van der Waals surface area (Å²) >= 11 is 0. The van der Waals surface area contributed by atoms with Gasteiger partial charge in [0.05, 0.1) is 0 Å². The molecule has 2 aliphatic heterocycles. The molecular weight excluding hydrogens is 347 g/mol. The van der Waals surface area contributed by atoms with Crippen LogP contribution in [0.1, 0.15) is 25.7 Å². The molecule has 0 aromatic heterocycles. The molecule has 2 amide bonds. The van der Waals surface area contributed by atoms with Gasteiger partial charge < -0.3 is 26.2 Å². The third-order valence-corrected chi connectivity index (χ3v) is 4.02. The quantitative estimate of drug-likeness (QED) is 0.526. The summed E-state index contributed by atoms with van der Waals surface area (Å²) in [5, 5.41) is 19.8. The third kappa shape index (κ3) is 6.50. The molecule has 0 aliphatic carbocycles. The maximum Gasteiger partial charge on any atom is 0.490 e. The largest absolute Gasteiger partial charge is 0.490 e. The van der Waals surface area contributed by atoms with E-state index in [9.17, 15) is 27.9 Å². The Kier molecular flexibility index (Phi) is 7.61. The van der Waals surface area contributed by atoms with E-state index >= 15 is 0 Å². The van der Waals surface area contributed by atoms with Gasteiger partial charge in [0.15, 0.2) is 0 Å². The van der Waals surface area contributed by atoms with E-state index in [0.29, 0.717) is 26.1 Å². The number of halogens is 3. The van der Waals surface area contributed by atoms with Crippen molar-refractivity contribution < 1.29 is 37.8 Å². The van der Waals surface area contributed by atoms with Crippen molar-refractivity contribution in [2.75, 3.05) is 19.6 Å². The molecule has 11 heteroatoms. The highest BCUT2D eigenvalue weighted by molar-refractivity contribution is 5.82. The number of carboxylic acids is 1. The fourth-order valence-corrected chi connectivity index (χ4v) is 2.42. The maximum atomic E-state index is 11.8. The number of amides is 2. The summed E-state index contributed by atoms with van der Waals surface area (Å²) < 4.78 is 31.7. The zero-order chi connectivity index (χ0) is 19.2. The summed E-state index contributed by atoms with van der Waals surface area (Å²) in [6.07, 6.45) is -3.20. The third-order valence-electron chi connectivity index (χ3n) is 4.02. The number of aliphatic hydroxyl groups excluding tert-OH is 1. The number of alkyl halides is 3. The van der Waals surface area contributed by atoms with E-state index in [1.54, 1.807) is 4.90 Å². The molecule has 1 unspecified atom stereocenters. The number of carbonyl (C=O) groups excluding carboxylic acids is 2. The van der Waals surface area contributed by atoms with Crippen molar-refractivity contribution in [1.82, 2.24) is 10.2 Å². The fraction of sp³-hybridized carbons (Fsp3) is 0.786. The number of aliphatic carboxylic acids is 1. The zero-order valence-electron chi connectivity index (χ0n) is 13.5. The molecule has 2 saturated heterocycles. The first-order chi connectivity index (χ1) is 11.5. The lowest BCUT2D eigenvalue weighted by Gasteiger charge is -2.34. The Labute approximate surface area is 142 Å². The van der Waals surface area contributed by atoms with Crippen LogP contribution in [0.3, 0.4) is 0 Å². The minimum absolute atomic E-state index is 0.0136. The lowest BCUT2D eigenvalue weighted by molar-refractivity contribution is -0.192. The highest BCUT2D eigenvalue weighted by atomic mass is 19.4. The Balaban J connectivity index is 0.000000381. The van der Waals surface area contributed by atoms with Gasteiger partial charge in [-0.2, -0.15) is 13.2 Å². The van der Waals surface area contributed by atoms with E-state index in [0.717, 1.165) is 19.3 Å². The normalized spacial score (nSPS) is 22.7. The SMILES string of the molecule is N[C@@H](C[C@@H]1CCCNC1=O)C(O)C(=O)N1CCC1.O=C(O)C(F)(F)F. The second-order valence-corrected chi connectivity index (χ2v) is 5.96. The second-order valence-electron chi connectivity index (χ2n) is 5.96. The van der Waals surface area contributed by atoms with Crippen LogP contribution in [0.4, 0.5) is 13.2 Å². The van der Waals surface area contributed by atoms with Gasteiger partial charge in [0, 0.05) is 31.6 Å². The molecule has 0 bridgehead atoms. The Morgan fingerprint density at radius 1 is 1.32 bits per heavy atom. The summed E-state index contributed by atoms with van der Waals surface area (Å²) in [4.78, 5) is 33.9. The first-order valence-electron chi connectivity index (χ1n) is 7.84. The van der Waals surface area contributed by atoms with Gasteiger partial charge in [-0.3, -0.25) is 9.59 Å². The van der Waals surface area contributed by atoms with Crippen LogP contribution < -0.4 is 11.1 Å². The van der Waals surface area contributed by atoms with E-state index in [4.69, 9.17) is 15.6 Å². The zero-order valence-corrected chi connectivity index (χ0v) is 13.5. The fourth-order valence-electron chi connectivity index (χ4n) is 2.42. The lowest BCUT2D eigenvalue weighted by atomic mass is 9.89. The molecule has 2 heterocycles. The van der Waals surface area contributed by atoms with E-state index < -0.39 is 24.3 Å². The molecule has 0 aromatic carbocycles. The van der Waals surface area contributed by atoms with Gasteiger partial charge in [0.1, 0.15) is 6.10 Å². The summed E-state index contributed by atoms with van der Waals surface area (Å²) in [6.45, 7) is 2.11. The molecular formula is C14H22F3N3O5. The first kappa shape index (κ1) is 21.2. The van der Waals surface area contributed by atoms with Crippen LogP contribution in [-0.4, -0.2) is 70.9 Å². The summed E-state index contributed by atoms with van der Waals surface area (Å²) in [6, 6.07) is -0.660. The van der Waals surface area contributed by atoms with Gasteiger partial charge in [0.2, 0.25) is 5.91 Å². The van der Waals surface area contributed by atoms with Gasteiger partial charge >= 0.3 is 12.1 Å². The predicted molar refractivity (Wildman–Crippen MR) is 79.2 cm³/mol. The number of nitrogens with two attached hydrogens (primary N) is 1. The molecule has 0 radical (unpaired) electrons. The van der Waals surface area contributed by atoms with Crippen LogP contribution in [0.15, 0.2) is 0 Å². The van der Waals surface area contributed by atoms with E-state index in [-0.39, 0.29) is 17.7 Å². The molecule has 0 aromatic rings. The van der Waals surface area contributed by atoms with Crippen LogP contribution in [-0.2, 0) is 14.4 Å². The highest BCUT2D eigenvalue weighted by Gasteiger charge is 2.38. The minimum Gasteiger partial charge on any atom is -0.475 e. The number of nitrogens with zero attached hydrogens (tertiary/aromatic N) is 1. The molecule has 25 heavy (non-hydrogen) atoms. The number of piperidine rings is 1. The van der Waals surface area contributed by atoms with Crippen LogP contribution >= 0.6 is 0 Å². The van der Waals surface area contributed by atoms with Crippen molar-refractivity contribution in [2.24, 2.45) is 11.7 Å². The molecule has 2 rings (SSSR count). The Hall–Kier alpha value is -1.88. The van der Waals surface area contributed by atoms with Crippen LogP contribution in [0.5, 0.6) is 0 Å². The second kappa shape index (κ2) is 8.99. The number of carboxylic acid groups (broad SMARTS) is 1. The van der Waals surface area contributed by atoms with Gasteiger partial charge in [-0.15, -0.1) is 0 Å². The highest BCUT2D eigenvalue weighted by Crippen LogP contribution is 2.19. The lowest BCUT2D eigenvalue weighted by Crippen LogP contribution is -2.53. The summed E-state index contributed by atoms with van der Waals surface area (Å²) in [7, 11) is 0. The molecule has 0 spiro atoms. The van der Waals surface area contributed by atoms with Crippen LogP contribution in [0.25, 0.3) is 0 Å². The number of nitrogens with one attached hydrogen (secondary N) is 1. The Morgan fingerprint density at radius 3 is 2.28 bits per heavy atom. The first-order valence-corrected chi connectivity index (χ1v) is 7.84. The average molecular weight is 369 g/mol. The van der Waals surface area contributed by atoms with Crippen molar-refractivity contribution in [3.63, 3.8) is 0 Å². The van der Waals surface area contributed by atoms with Gasteiger partial charge in [-0.1, -0.05) is 0 Å². The molecule has 5 N–H and O–H groups in total. The van der Waals surface area contributed by atoms with Crippen molar-refractivity contribution in [2.45, 2.75) is 44.0 Å².